The first-order chi connectivity index (χ1) is 13.8. The average Bonchev–Trinajstić information content (AvgIpc) is 2.72. The molecule has 0 unspecified atom stereocenters. The first-order valence-electron chi connectivity index (χ1n) is 10.6. The van der Waals surface area contributed by atoms with Crippen LogP contribution < -0.4 is 5.73 Å². The normalized spacial score (nSPS) is 24.0. The number of hydrogen-bond acceptors (Lipinski definition) is 5. The zero-order valence-corrected chi connectivity index (χ0v) is 16.7. The van der Waals surface area contributed by atoms with Crippen molar-refractivity contribution >= 4 is 22.8 Å². The summed E-state index contributed by atoms with van der Waals surface area (Å²) in [6.45, 7) is 3.92. The van der Waals surface area contributed by atoms with Gasteiger partial charge in [-0.05, 0) is 55.2 Å². The second kappa shape index (κ2) is 8.82. The van der Waals surface area contributed by atoms with E-state index in [1.807, 2.05) is 6.21 Å². The van der Waals surface area contributed by atoms with Gasteiger partial charge in [-0.15, -0.1) is 0 Å². The molecule has 148 valence electrons. The number of nitrogens with zero attached hydrogens (tertiary/aromatic N) is 3. The Kier molecular flexibility index (Phi) is 6.01. The summed E-state index contributed by atoms with van der Waals surface area (Å²) in [5.41, 5.74) is 10.7. The van der Waals surface area contributed by atoms with Gasteiger partial charge in [-0.3, -0.25) is 9.98 Å². The van der Waals surface area contributed by atoms with E-state index >= 15 is 0 Å². The lowest BCUT2D eigenvalue weighted by atomic mass is 9.78. The van der Waals surface area contributed by atoms with E-state index in [4.69, 9.17) is 20.4 Å². The second-order valence-corrected chi connectivity index (χ2v) is 8.07. The van der Waals surface area contributed by atoms with Gasteiger partial charge in [0.2, 0.25) is 0 Å². The summed E-state index contributed by atoms with van der Waals surface area (Å²) in [5.74, 6) is 1.39. The Morgan fingerprint density at radius 1 is 1.25 bits per heavy atom. The maximum absolute atomic E-state index is 5.88. The Morgan fingerprint density at radius 3 is 2.82 bits per heavy atom. The van der Waals surface area contributed by atoms with Crippen LogP contribution in [0.15, 0.2) is 35.6 Å². The molecule has 2 heterocycles. The number of aliphatic imine (C=N–C) groups is 1. The number of ether oxygens (including phenoxy) is 1. The molecule has 0 amide bonds. The van der Waals surface area contributed by atoms with E-state index in [9.17, 15) is 0 Å². The van der Waals surface area contributed by atoms with Crippen molar-refractivity contribution in [1.82, 2.24) is 9.97 Å². The molecule has 1 aromatic carbocycles. The molecule has 1 aromatic heterocycles. The number of rotatable bonds is 6. The van der Waals surface area contributed by atoms with Crippen molar-refractivity contribution < 1.29 is 4.74 Å². The highest BCUT2D eigenvalue weighted by Crippen LogP contribution is 2.33. The lowest BCUT2D eigenvalue weighted by Gasteiger charge is -2.32. The Balaban J connectivity index is 1.50. The van der Waals surface area contributed by atoms with Crippen molar-refractivity contribution in [2.45, 2.75) is 57.4 Å². The summed E-state index contributed by atoms with van der Waals surface area (Å²) in [4.78, 5) is 14.1. The standard InChI is InChI=1S/C23H30N4O/c1-2-3-16-10-20(11-16)25-14-19(13-24)23-15-26-21-5-4-18(12-22(21)27-23)17-6-8-28-9-7-17/h4-5,12-17,20H,2-3,6-11,24H2,1H3. The highest BCUT2D eigenvalue weighted by atomic mass is 16.5. The molecule has 5 heteroatoms. The van der Waals surface area contributed by atoms with Gasteiger partial charge in [0.15, 0.2) is 0 Å². The molecule has 2 N–H and O–H groups in total. The summed E-state index contributed by atoms with van der Waals surface area (Å²) in [7, 11) is 0. The van der Waals surface area contributed by atoms with Crippen molar-refractivity contribution in [3.63, 3.8) is 0 Å². The van der Waals surface area contributed by atoms with E-state index in [1.165, 1.54) is 31.2 Å². The maximum Gasteiger partial charge on any atom is 0.0922 e. The maximum atomic E-state index is 5.88. The van der Waals surface area contributed by atoms with Gasteiger partial charge in [-0.25, -0.2) is 4.98 Å². The highest BCUT2D eigenvalue weighted by Gasteiger charge is 2.27. The summed E-state index contributed by atoms with van der Waals surface area (Å²) in [5, 5.41) is 0. The molecule has 5 nitrogen and oxygen atoms in total. The third-order valence-electron chi connectivity index (χ3n) is 6.07. The molecular weight excluding hydrogens is 348 g/mol. The van der Waals surface area contributed by atoms with Crippen molar-refractivity contribution in [3.05, 3.63) is 41.9 Å². The molecule has 1 saturated heterocycles. The Hall–Kier alpha value is -2.27. The van der Waals surface area contributed by atoms with E-state index in [0.717, 1.165) is 54.3 Å². The molecule has 4 rings (SSSR count). The predicted molar refractivity (Wildman–Crippen MR) is 114 cm³/mol. The topological polar surface area (TPSA) is 73.4 Å². The number of aromatic nitrogens is 2. The highest BCUT2D eigenvalue weighted by molar-refractivity contribution is 6.09. The van der Waals surface area contributed by atoms with Gasteiger partial charge in [0.05, 0.1) is 29.0 Å². The lowest BCUT2D eigenvalue weighted by Crippen LogP contribution is -2.27. The van der Waals surface area contributed by atoms with Gasteiger partial charge in [0, 0.05) is 31.2 Å². The summed E-state index contributed by atoms with van der Waals surface area (Å²) in [6, 6.07) is 6.85. The smallest absolute Gasteiger partial charge is 0.0922 e. The van der Waals surface area contributed by atoms with Gasteiger partial charge >= 0.3 is 0 Å². The average molecular weight is 379 g/mol. The van der Waals surface area contributed by atoms with Gasteiger partial charge in [0.25, 0.3) is 0 Å². The minimum absolute atomic E-state index is 0.431. The van der Waals surface area contributed by atoms with Crippen molar-refractivity contribution in [2.75, 3.05) is 13.2 Å². The summed E-state index contributed by atoms with van der Waals surface area (Å²) < 4.78 is 5.49. The van der Waals surface area contributed by atoms with Crippen LogP contribution in [-0.4, -0.2) is 35.4 Å². The Labute approximate surface area is 167 Å². The van der Waals surface area contributed by atoms with E-state index in [2.05, 4.69) is 30.1 Å². The number of benzene rings is 1. The largest absolute Gasteiger partial charge is 0.404 e. The molecule has 0 radical (unpaired) electrons. The predicted octanol–water partition coefficient (Wildman–Crippen LogP) is 4.47. The fraction of sp³-hybridized carbons (Fsp3) is 0.522. The molecule has 1 aliphatic carbocycles. The van der Waals surface area contributed by atoms with Gasteiger partial charge < -0.3 is 10.5 Å². The monoisotopic (exact) mass is 378 g/mol. The van der Waals surface area contributed by atoms with Crippen molar-refractivity contribution in [1.29, 1.82) is 0 Å². The van der Waals surface area contributed by atoms with Crippen LogP contribution in [0.5, 0.6) is 0 Å². The Bertz CT molecular complexity index is 864. The number of fused-ring (bicyclic) bond motifs is 1. The molecular formula is C23H30N4O. The van der Waals surface area contributed by atoms with Crippen LogP contribution in [0, 0.1) is 5.92 Å². The van der Waals surface area contributed by atoms with Gasteiger partial charge in [-0.1, -0.05) is 25.8 Å². The second-order valence-electron chi connectivity index (χ2n) is 8.07. The zero-order valence-electron chi connectivity index (χ0n) is 16.7. The van der Waals surface area contributed by atoms with E-state index < -0.39 is 0 Å². The molecule has 0 spiro atoms. The molecule has 2 aromatic rings. The quantitative estimate of drug-likeness (QED) is 0.753. The van der Waals surface area contributed by atoms with Gasteiger partial charge in [0.1, 0.15) is 0 Å². The van der Waals surface area contributed by atoms with Crippen LogP contribution in [0.3, 0.4) is 0 Å². The third kappa shape index (κ3) is 4.25. The van der Waals surface area contributed by atoms with E-state index in [0.29, 0.717) is 12.0 Å². The number of allylic oxidation sites excluding steroid dienone is 1. The SMILES string of the molecule is CCCC1CC(N=CC(=CN)c2cnc3ccc(C4CCOCC4)cc3n2)C1. The molecule has 0 atom stereocenters. The number of nitrogens with two attached hydrogens (primary N) is 1. The van der Waals surface area contributed by atoms with Crippen LogP contribution in [0.25, 0.3) is 16.6 Å². The Morgan fingerprint density at radius 2 is 2.07 bits per heavy atom. The van der Waals surface area contributed by atoms with Crippen LogP contribution in [-0.2, 0) is 4.74 Å². The first-order valence-corrected chi connectivity index (χ1v) is 10.6. The third-order valence-corrected chi connectivity index (χ3v) is 6.07. The van der Waals surface area contributed by atoms with Crippen LogP contribution in [0.4, 0.5) is 0 Å². The molecule has 28 heavy (non-hydrogen) atoms. The molecule has 2 aliphatic rings. The van der Waals surface area contributed by atoms with Crippen LogP contribution in [0.1, 0.15) is 62.6 Å². The van der Waals surface area contributed by atoms with Crippen molar-refractivity contribution in [3.8, 4) is 0 Å². The zero-order chi connectivity index (χ0) is 19.3. The van der Waals surface area contributed by atoms with E-state index in [-0.39, 0.29) is 0 Å². The van der Waals surface area contributed by atoms with Gasteiger partial charge in [-0.2, -0.15) is 0 Å². The fourth-order valence-electron chi connectivity index (χ4n) is 4.30. The molecule has 2 fully saturated rings. The summed E-state index contributed by atoms with van der Waals surface area (Å²) >= 11 is 0. The van der Waals surface area contributed by atoms with Crippen LogP contribution >= 0.6 is 0 Å². The van der Waals surface area contributed by atoms with E-state index in [1.54, 1.807) is 12.4 Å². The fourth-order valence-corrected chi connectivity index (χ4v) is 4.30. The lowest BCUT2D eigenvalue weighted by molar-refractivity contribution is 0.0853. The first kappa shape index (κ1) is 19.1. The molecule has 1 aliphatic heterocycles. The molecule has 1 saturated carbocycles. The molecule has 0 bridgehead atoms. The van der Waals surface area contributed by atoms with Crippen molar-refractivity contribution in [2.24, 2.45) is 16.6 Å². The van der Waals surface area contributed by atoms with Crippen LogP contribution in [0.2, 0.25) is 0 Å². The number of hydrogen-bond donors (Lipinski definition) is 1. The minimum Gasteiger partial charge on any atom is -0.404 e. The summed E-state index contributed by atoms with van der Waals surface area (Å²) in [6.07, 6.45) is 12.4. The minimum atomic E-state index is 0.431.